The summed E-state index contributed by atoms with van der Waals surface area (Å²) in [6.45, 7) is 4.30. The zero-order chi connectivity index (χ0) is 16.0. The first-order valence-electron chi connectivity index (χ1n) is 9.60. The van der Waals surface area contributed by atoms with Crippen LogP contribution in [0.5, 0.6) is 0 Å². The SMILES string of the molecule is CC=CC=CCCC[C@H]1C(=O)CC[C@@H]1CCCCCCCC. The Morgan fingerprint density at radius 3 is 2.55 bits per heavy atom. The van der Waals surface area contributed by atoms with Crippen molar-refractivity contribution < 1.29 is 4.79 Å². The quantitative estimate of drug-likeness (QED) is 0.292. The molecule has 2 atom stereocenters. The Hall–Kier alpha value is -0.850. The van der Waals surface area contributed by atoms with Crippen molar-refractivity contribution in [3.63, 3.8) is 0 Å². The van der Waals surface area contributed by atoms with Crippen LogP contribution in [-0.4, -0.2) is 5.78 Å². The predicted molar refractivity (Wildman–Crippen MR) is 97.0 cm³/mol. The third-order valence-electron chi connectivity index (χ3n) is 5.00. The van der Waals surface area contributed by atoms with Crippen molar-refractivity contribution in [1.82, 2.24) is 0 Å². The van der Waals surface area contributed by atoms with Gasteiger partial charge in [-0.15, -0.1) is 0 Å². The van der Waals surface area contributed by atoms with Crippen LogP contribution in [0.15, 0.2) is 24.3 Å². The lowest BCUT2D eigenvalue weighted by Gasteiger charge is -2.18. The molecule has 0 aliphatic heterocycles. The van der Waals surface area contributed by atoms with Crippen LogP contribution in [0, 0.1) is 11.8 Å². The Bertz CT molecular complexity index is 340. The molecule has 1 rings (SSSR count). The number of ketones is 1. The number of carbonyl (C=O) groups is 1. The summed E-state index contributed by atoms with van der Waals surface area (Å²) >= 11 is 0. The van der Waals surface area contributed by atoms with E-state index in [2.05, 4.69) is 25.2 Å². The topological polar surface area (TPSA) is 17.1 Å². The van der Waals surface area contributed by atoms with Crippen LogP contribution in [0.25, 0.3) is 0 Å². The van der Waals surface area contributed by atoms with Gasteiger partial charge in [0.2, 0.25) is 0 Å². The summed E-state index contributed by atoms with van der Waals surface area (Å²) in [5, 5.41) is 0. The van der Waals surface area contributed by atoms with Crippen LogP contribution in [-0.2, 0) is 4.79 Å². The van der Waals surface area contributed by atoms with E-state index in [0.717, 1.165) is 32.1 Å². The first-order valence-corrected chi connectivity index (χ1v) is 9.60. The van der Waals surface area contributed by atoms with Crippen LogP contribution in [0.4, 0.5) is 0 Å². The highest BCUT2D eigenvalue weighted by Gasteiger charge is 2.33. The molecule has 0 amide bonds. The summed E-state index contributed by atoms with van der Waals surface area (Å²) in [6.07, 6.45) is 23.3. The maximum atomic E-state index is 12.1. The number of hydrogen-bond acceptors (Lipinski definition) is 1. The minimum atomic E-state index is 0.380. The van der Waals surface area contributed by atoms with Gasteiger partial charge in [-0.3, -0.25) is 4.79 Å². The third-order valence-corrected chi connectivity index (χ3v) is 5.00. The van der Waals surface area contributed by atoms with E-state index < -0.39 is 0 Å². The molecule has 0 saturated heterocycles. The molecule has 0 spiro atoms. The highest BCUT2D eigenvalue weighted by molar-refractivity contribution is 5.83. The van der Waals surface area contributed by atoms with E-state index in [-0.39, 0.29) is 0 Å². The van der Waals surface area contributed by atoms with Crippen molar-refractivity contribution in [2.24, 2.45) is 11.8 Å². The van der Waals surface area contributed by atoms with Crippen LogP contribution < -0.4 is 0 Å². The fourth-order valence-corrected chi connectivity index (χ4v) is 3.65. The molecule has 0 radical (unpaired) electrons. The Balaban J connectivity index is 2.17. The minimum absolute atomic E-state index is 0.380. The fourth-order valence-electron chi connectivity index (χ4n) is 3.65. The Morgan fingerprint density at radius 1 is 1.00 bits per heavy atom. The number of Topliss-reactive ketones (excluding diaryl/α,β-unsaturated/α-hetero) is 1. The zero-order valence-corrected chi connectivity index (χ0v) is 14.9. The molecule has 22 heavy (non-hydrogen) atoms. The fraction of sp³-hybridized carbons (Fsp3) is 0.762. The van der Waals surface area contributed by atoms with Gasteiger partial charge >= 0.3 is 0 Å². The number of carbonyl (C=O) groups excluding carboxylic acids is 1. The number of allylic oxidation sites excluding steroid dienone is 4. The molecule has 0 heterocycles. The lowest BCUT2D eigenvalue weighted by atomic mass is 9.86. The maximum Gasteiger partial charge on any atom is 0.136 e. The molecule has 1 heteroatoms. The smallest absolute Gasteiger partial charge is 0.136 e. The van der Waals surface area contributed by atoms with Gasteiger partial charge in [-0.05, 0) is 44.9 Å². The average Bonchev–Trinajstić information content (AvgIpc) is 2.87. The second kappa shape index (κ2) is 12.7. The van der Waals surface area contributed by atoms with Gasteiger partial charge in [0, 0.05) is 12.3 Å². The maximum absolute atomic E-state index is 12.1. The van der Waals surface area contributed by atoms with Gasteiger partial charge in [0.1, 0.15) is 5.78 Å². The van der Waals surface area contributed by atoms with Crippen molar-refractivity contribution in [2.45, 2.75) is 90.9 Å². The lowest BCUT2D eigenvalue weighted by molar-refractivity contribution is -0.121. The van der Waals surface area contributed by atoms with E-state index in [4.69, 9.17) is 0 Å². The summed E-state index contributed by atoms with van der Waals surface area (Å²) in [7, 11) is 0. The molecular weight excluding hydrogens is 268 g/mol. The highest BCUT2D eigenvalue weighted by Crippen LogP contribution is 2.36. The van der Waals surface area contributed by atoms with Crippen LogP contribution in [0.1, 0.15) is 90.9 Å². The zero-order valence-electron chi connectivity index (χ0n) is 14.9. The van der Waals surface area contributed by atoms with Gasteiger partial charge in [0.05, 0.1) is 0 Å². The standard InChI is InChI=1S/C21H36O/c1-3-5-7-9-11-13-15-19-17-18-21(22)20(19)16-14-12-10-8-6-4-2/h4,6,8,10,19-20H,3,5,7,9,11-18H2,1-2H3/t19-,20+/m0/s1. The molecule has 0 N–H and O–H groups in total. The summed E-state index contributed by atoms with van der Waals surface area (Å²) in [4.78, 5) is 12.1. The van der Waals surface area contributed by atoms with E-state index in [9.17, 15) is 4.79 Å². The number of hydrogen-bond donors (Lipinski definition) is 0. The van der Waals surface area contributed by atoms with Gasteiger partial charge < -0.3 is 0 Å². The van der Waals surface area contributed by atoms with Crippen LogP contribution in [0.2, 0.25) is 0 Å². The van der Waals surface area contributed by atoms with Crippen LogP contribution >= 0.6 is 0 Å². The van der Waals surface area contributed by atoms with E-state index >= 15 is 0 Å². The summed E-state index contributed by atoms with van der Waals surface area (Å²) < 4.78 is 0. The molecule has 0 aromatic carbocycles. The van der Waals surface area contributed by atoms with Gasteiger partial charge in [-0.1, -0.05) is 69.8 Å². The number of rotatable bonds is 12. The van der Waals surface area contributed by atoms with Crippen molar-refractivity contribution in [1.29, 1.82) is 0 Å². The normalized spacial score (nSPS) is 22.4. The molecular formula is C21H36O. The Labute approximate surface area is 138 Å². The van der Waals surface area contributed by atoms with Crippen molar-refractivity contribution in [3.05, 3.63) is 24.3 Å². The van der Waals surface area contributed by atoms with E-state index in [1.807, 2.05) is 13.0 Å². The summed E-state index contributed by atoms with van der Waals surface area (Å²) in [5.41, 5.74) is 0. The monoisotopic (exact) mass is 304 g/mol. The summed E-state index contributed by atoms with van der Waals surface area (Å²) in [5.74, 6) is 1.62. The van der Waals surface area contributed by atoms with E-state index in [0.29, 0.717) is 17.6 Å². The van der Waals surface area contributed by atoms with Gasteiger partial charge in [0.15, 0.2) is 0 Å². The van der Waals surface area contributed by atoms with Crippen molar-refractivity contribution >= 4 is 5.78 Å². The van der Waals surface area contributed by atoms with E-state index in [1.54, 1.807) is 0 Å². The molecule has 0 unspecified atom stereocenters. The van der Waals surface area contributed by atoms with Gasteiger partial charge in [-0.2, -0.15) is 0 Å². The molecule has 1 aliphatic rings. The molecule has 1 saturated carbocycles. The minimum Gasteiger partial charge on any atom is -0.299 e. The second-order valence-corrected chi connectivity index (χ2v) is 6.81. The molecule has 1 aliphatic carbocycles. The largest absolute Gasteiger partial charge is 0.299 e. The first-order chi connectivity index (χ1) is 10.8. The van der Waals surface area contributed by atoms with E-state index in [1.165, 1.54) is 44.9 Å². The average molecular weight is 305 g/mol. The number of unbranched alkanes of at least 4 members (excludes halogenated alkanes) is 6. The third kappa shape index (κ3) is 7.96. The molecule has 0 aromatic heterocycles. The molecule has 0 bridgehead atoms. The van der Waals surface area contributed by atoms with Crippen molar-refractivity contribution in [3.8, 4) is 0 Å². The van der Waals surface area contributed by atoms with Crippen LogP contribution in [0.3, 0.4) is 0 Å². The molecule has 0 aromatic rings. The van der Waals surface area contributed by atoms with Gasteiger partial charge in [0.25, 0.3) is 0 Å². The Morgan fingerprint density at radius 2 is 1.77 bits per heavy atom. The molecule has 126 valence electrons. The van der Waals surface area contributed by atoms with Gasteiger partial charge in [-0.25, -0.2) is 0 Å². The summed E-state index contributed by atoms with van der Waals surface area (Å²) in [6, 6.07) is 0. The first kappa shape index (κ1) is 19.2. The lowest BCUT2D eigenvalue weighted by Crippen LogP contribution is -2.14. The molecule has 1 nitrogen and oxygen atoms in total. The van der Waals surface area contributed by atoms with Crippen molar-refractivity contribution in [2.75, 3.05) is 0 Å². The predicted octanol–water partition coefficient (Wildman–Crippen LogP) is 6.63. The highest BCUT2D eigenvalue weighted by atomic mass is 16.1. The molecule has 1 fully saturated rings. The second-order valence-electron chi connectivity index (χ2n) is 6.81. The Kier molecular flexibility index (Phi) is 11.1.